The van der Waals surface area contributed by atoms with E-state index in [1.165, 1.54) is 24.1 Å². The topological polar surface area (TPSA) is 20.3 Å². The van der Waals surface area contributed by atoms with Gasteiger partial charge in [0.25, 0.3) is 0 Å². The van der Waals surface area contributed by atoms with Gasteiger partial charge in [0.05, 0.1) is 4.90 Å². The molecule has 0 saturated heterocycles. The van der Waals surface area contributed by atoms with Crippen molar-refractivity contribution in [1.82, 2.24) is 3.71 Å². The monoisotopic (exact) mass is 279 g/mol. The van der Waals surface area contributed by atoms with Gasteiger partial charge in [-0.3, -0.25) is 0 Å². The maximum absolute atomic E-state index is 13.1. The first-order valence-electron chi connectivity index (χ1n) is 5.45. The molecule has 0 spiro atoms. The summed E-state index contributed by atoms with van der Waals surface area (Å²) in [5.74, 6) is -0.343. The minimum absolute atomic E-state index is 0.343. The lowest BCUT2D eigenvalue weighted by atomic mass is 10.2. The molecule has 2 nitrogen and oxygen atoms in total. The normalized spacial score (nSPS) is 18.8. The molecule has 1 aliphatic rings. The average Bonchev–Trinajstić information content (AvgIpc) is 2.68. The fourth-order valence-electron chi connectivity index (χ4n) is 1.77. The molecule has 0 aliphatic carbocycles. The second kappa shape index (κ2) is 4.84. The number of nitrogens with zero attached hydrogens (tertiary/aromatic N) is 1. The highest BCUT2D eigenvalue weighted by molar-refractivity contribution is 8.08. The van der Waals surface area contributed by atoms with Crippen molar-refractivity contribution in [3.63, 3.8) is 0 Å². The van der Waals surface area contributed by atoms with Crippen molar-refractivity contribution in [1.29, 1.82) is 0 Å². The fraction of sp³-hybridized carbons (Fsp3) is 0.0769. The molecule has 1 aliphatic heterocycles. The standard InChI is InChI=1S/C13H10FNOS2/c14-11-6-7-12-13(8-11)18(16)15(17-12)9-10-4-2-1-3-5-10/h1-8H,9H2. The molecule has 1 atom stereocenters. The van der Waals surface area contributed by atoms with Gasteiger partial charge in [-0.05, 0) is 35.7 Å². The van der Waals surface area contributed by atoms with E-state index in [2.05, 4.69) is 0 Å². The van der Waals surface area contributed by atoms with E-state index in [1.807, 2.05) is 30.3 Å². The molecule has 2 aromatic carbocycles. The van der Waals surface area contributed by atoms with Gasteiger partial charge in [0.2, 0.25) is 0 Å². The van der Waals surface area contributed by atoms with E-state index in [0.717, 1.165) is 10.5 Å². The van der Waals surface area contributed by atoms with Gasteiger partial charge in [0.15, 0.2) is 0 Å². The van der Waals surface area contributed by atoms with Gasteiger partial charge >= 0.3 is 0 Å². The third kappa shape index (κ3) is 2.21. The lowest BCUT2D eigenvalue weighted by Gasteiger charge is -2.11. The largest absolute Gasteiger partial charge is 0.236 e. The summed E-state index contributed by atoms with van der Waals surface area (Å²) in [7, 11) is -1.29. The molecule has 2 aromatic rings. The molecule has 0 amide bonds. The minimum Gasteiger partial charge on any atom is -0.236 e. The number of rotatable bonds is 2. The Labute approximate surface area is 112 Å². The Bertz CT molecular complexity index is 603. The highest BCUT2D eigenvalue weighted by atomic mass is 32.2. The first-order chi connectivity index (χ1) is 8.74. The van der Waals surface area contributed by atoms with Gasteiger partial charge in [-0.2, -0.15) is 3.71 Å². The molecule has 0 bridgehead atoms. The Hall–Kier alpha value is -1.17. The van der Waals surface area contributed by atoms with E-state index in [-0.39, 0.29) is 5.82 Å². The van der Waals surface area contributed by atoms with Crippen molar-refractivity contribution in [2.75, 3.05) is 0 Å². The van der Waals surface area contributed by atoms with Crippen molar-refractivity contribution in [3.8, 4) is 0 Å². The zero-order valence-corrected chi connectivity index (χ0v) is 11.0. The molecule has 1 unspecified atom stereocenters. The number of fused-ring (bicyclic) bond motifs is 1. The molecule has 3 rings (SSSR count). The summed E-state index contributed by atoms with van der Waals surface area (Å²) in [4.78, 5) is 1.43. The van der Waals surface area contributed by atoms with Gasteiger partial charge in [-0.25, -0.2) is 8.60 Å². The average molecular weight is 279 g/mol. The summed E-state index contributed by atoms with van der Waals surface area (Å²) in [6.07, 6.45) is 0. The van der Waals surface area contributed by atoms with E-state index in [0.29, 0.717) is 11.4 Å². The molecular formula is C13H10FNOS2. The predicted molar refractivity (Wildman–Crippen MR) is 70.7 cm³/mol. The highest BCUT2D eigenvalue weighted by Gasteiger charge is 2.28. The van der Waals surface area contributed by atoms with Crippen LogP contribution in [0.3, 0.4) is 0 Å². The molecule has 0 N–H and O–H groups in total. The SMILES string of the molecule is O=S1c2cc(F)ccc2SN1Cc1ccccc1. The van der Waals surface area contributed by atoms with Crippen LogP contribution in [0.5, 0.6) is 0 Å². The quantitative estimate of drug-likeness (QED) is 0.786. The Kier molecular flexibility index (Phi) is 3.20. The minimum atomic E-state index is -1.29. The maximum Gasteiger partial charge on any atom is 0.139 e. The molecule has 0 aromatic heterocycles. The molecule has 0 saturated carbocycles. The van der Waals surface area contributed by atoms with Gasteiger partial charge < -0.3 is 0 Å². The van der Waals surface area contributed by atoms with Gasteiger partial charge in [-0.1, -0.05) is 30.3 Å². The number of halogens is 1. The fourth-order valence-corrected chi connectivity index (χ4v) is 4.50. The predicted octanol–water partition coefficient (Wildman–Crippen LogP) is 3.37. The van der Waals surface area contributed by atoms with Crippen LogP contribution in [0.2, 0.25) is 0 Å². The Morgan fingerprint density at radius 2 is 1.94 bits per heavy atom. The van der Waals surface area contributed by atoms with Gasteiger partial charge in [-0.15, -0.1) is 0 Å². The summed E-state index contributed by atoms with van der Waals surface area (Å²) >= 11 is 1.41. The number of hydrogen-bond acceptors (Lipinski definition) is 2. The van der Waals surface area contributed by atoms with E-state index in [1.54, 1.807) is 9.78 Å². The molecule has 18 heavy (non-hydrogen) atoms. The summed E-state index contributed by atoms with van der Waals surface area (Å²) < 4.78 is 27.1. The third-order valence-corrected chi connectivity index (χ3v) is 5.49. The van der Waals surface area contributed by atoms with Crippen molar-refractivity contribution < 1.29 is 8.60 Å². The summed E-state index contributed by atoms with van der Waals surface area (Å²) in [6, 6.07) is 14.2. The molecule has 0 radical (unpaired) electrons. The van der Waals surface area contributed by atoms with Crippen molar-refractivity contribution in [3.05, 3.63) is 59.9 Å². The lowest BCUT2D eigenvalue weighted by molar-refractivity contribution is 0.615. The Balaban J connectivity index is 1.85. The van der Waals surface area contributed by atoms with E-state index in [4.69, 9.17) is 0 Å². The van der Waals surface area contributed by atoms with Crippen LogP contribution >= 0.6 is 11.9 Å². The smallest absolute Gasteiger partial charge is 0.139 e. The zero-order valence-electron chi connectivity index (χ0n) is 9.38. The summed E-state index contributed by atoms with van der Waals surface area (Å²) in [6.45, 7) is 0.578. The first kappa shape index (κ1) is 11.9. The van der Waals surface area contributed by atoms with Crippen molar-refractivity contribution in [2.45, 2.75) is 16.3 Å². The number of benzene rings is 2. The molecule has 0 fully saturated rings. The Morgan fingerprint density at radius 1 is 1.17 bits per heavy atom. The second-order valence-corrected chi connectivity index (χ2v) is 6.58. The molecule has 92 valence electrons. The number of hydrogen-bond donors (Lipinski definition) is 0. The van der Waals surface area contributed by atoms with Crippen LogP contribution in [0.1, 0.15) is 5.56 Å². The van der Waals surface area contributed by atoms with Crippen LogP contribution in [0, 0.1) is 5.82 Å². The van der Waals surface area contributed by atoms with E-state index < -0.39 is 11.0 Å². The zero-order chi connectivity index (χ0) is 12.5. The molecule has 5 heteroatoms. The third-order valence-electron chi connectivity index (χ3n) is 2.63. The first-order valence-corrected chi connectivity index (χ1v) is 7.33. The van der Waals surface area contributed by atoms with Crippen LogP contribution in [-0.4, -0.2) is 7.92 Å². The molecular weight excluding hydrogens is 269 g/mol. The summed E-state index contributed by atoms with van der Waals surface area (Å²) in [5.41, 5.74) is 1.09. The second-order valence-electron chi connectivity index (χ2n) is 3.91. The van der Waals surface area contributed by atoms with Gasteiger partial charge in [0.1, 0.15) is 16.8 Å². The highest BCUT2D eigenvalue weighted by Crippen LogP contribution is 2.40. The Morgan fingerprint density at radius 3 is 2.72 bits per heavy atom. The lowest BCUT2D eigenvalue weighted by Crippen LogP contribution is -2.13. The molecule has 1 heterocycles. The summed E-state index contributed by atoms with van der Waals surface area (Å²) in [5, 5.41) is 0. The van der Waals surface area contributed by atoms with E-state index in [9.17, 15) is 8.60 Å². The maximum atomic E-state index is 13.1. The van der Waals surface area contributed by atoms with Crippen molar-refractivity contribution in [2.24, 2.45) is 0 Å². The van der Waals surface area contributed by atoms with E-state index >= 15 is 0 Å². The van der Waals surface area contributed by atoms with Crippen LogP contribution in [0.4, 0.5) is 4.39 Å². The van der Waals surface area contributed by atoms with Gasteiger partial charge in [0, 0.05) is 11.4 Å². The van der Waals surface area contributed by atoms with Crippen LogP contribution in [0.15, 0.2) is 58.3 Å². The van der Waals surface area contributed by atoms with Crippen LogP contribution < -0.4 is 0 Å². The van der Waals surface area contributed by atoms with Crippen LogP contribution in [0.25, 0.3) is 0 Å². The van der Waals surface area contributed by atoms with Crippen LogP contribution in [-0.2, 0) is 17.5 Å². The van der Waals surface area contributed by atoms with Crippen molar-refractivity contribution >= 4 is 22.9 Å².